The van der Waals surface area contributed by atoms with Crippen LogP contribution < -0.4 is 16.6 Å². The number of amides is 1. The minimum atomic E-state index is -0.197. The third-order valence-electron chi connectivity index (χ3n) is 2.77. The van der Waals surface area contributed by atoms with E-state index in [2.05, 4.69) is 20.7 Å². The van der Waals surface area contributed by atoms with Gasteiger partial charge >= 0.3 is 0 Å². The van der Waals surface area contributed by atoms with Crippen molar-refractivity contribution in [1.82, 2.24) is 15.3 Å². The predicted octanol–water partition coefficient (Wildman–Crippen LogP) is 1.41. The van der Waals surface area contributed by atoms with Crippen molar-refractivity contribution in [2.45, 2.75) is 20.3 Å². The normalized spacial score (nSPS) is 10.3. The van der Waals surface area contributed by atoms with Crippen molar-refractivity contribution in [2.24, 2.45) is 5.84 Å². The van der Waals surface area contributed by atoms with Gasteiger partial charge in [-0.05, 0) is 19.9 Å². The van der Waals surface area contributed by atoms with Gasteiger partial charge in [-0.1, -0.05) is 0 Å². The smallest absolute Gasteiger partial charge is 0.255 e. The van der Waals surface area contributed by atoms with Gasteiger partial charge < -0.3 is 10.7 Å². The number of thiazole rings is 1. The average molecular weight is 291 g/mol. The lowest BCUT2D eigenvalue weighted by atomic mass is 10.2. The number of nitrogens with one attached hydrogen (secondary N) is 2. The Kier molecular flexibility index (Phi) is 4.65. The van der Waals surface area contributed by atoms with Crippen LogP contribution in [0.25, 0.3) is 0 Å². The molecule has 0 fully saturated rings. The number of hydrazine groups is 1. The average Bonchev–Trinajstić information content (AvgIpc) is 2.84. The van der Waals surface area contributed by atoms with E-state index in [0.717, 1.165) is 16.4 Å². The number of aryl methyl sites for hydroxylation is 2. The fourth-order valence-electron chi connectivity index (χ4n) is 1.78. The Labute approximate surface area is 121 Å². The summed E-state index contributed by atoms with van der Waals surface area (Å²) >= 11 is 1.61. The van der Waals surface area contributed by atoms with Crippen molar-refractivity contribution in [3.63, 3.8) is 0 Å². The molecule has 0 saturated carbocycles. The third kappa shape index (κ3) is 3.52. The van der Waals surface area contributed by atoms with Crippen molar-refractivity contribution in [3.05, 3.63) is 39.6 Å². The van der Waals surface area contributed by atoms with Gasteiger partial charge in [-0.25, -0.2) is 4.98 Å². The van der Waals surface area contributed by atoms with Crippen LogP contribution in [0.5, 0.6) is 0 Å². The largest absolute Gasteiger partial charge is 0.352 e. The van der Waals surface area contributed by atoms with Crippen molar-refractivity contribution in [1.29, 1.82) is 0 Å². The first-order valence-electron chi connectivity index (χ1n) is 6.22. The minimum absolute atomic E-state index is 0.197. The monoisotopic (exact) mass is 291 g/mol. The van der Waals surface area contributed by atoms with Crippen LogP contribution in [0, 0.1) is 13.8 Å². The molecule has 1 amide bonds. The summed E-state index contributed by atoms with van der Waals surface area (Å²) in [6.07, 6.45) is 2.23. The van der Waals surface area contributed by atoms with Crippen LogP contribution in [-0.2, 0) is 6.42 Å². The van der Waals surface area contributed by atoms with Crippen LogP contribution in [-0.4, -0.2) is 22.4 Å². The van der Waals surface area contributed by atoms with Crippen LogP contribution in [0.1, 0.15) is 26.8 Å². The van der Waals surface area contributed by atoms with E-state index in [1.165, 1.54) is 6.20 Å². The molecule has 0 aliphatic heterocycles. The van der Waals surface area contributed by atoms with Crippen LogP contribution in [0.15, 0.2) is 17.6 Å². The molecule has 0 saturated heterocycles. The lowest BCUT2D eigenvalue weighted by Gasteiger charge is -2.09. The molecule has 2 aromatic heterocycles. The van der Waals surface area contributed by atoms with Gasteiger partial charge in [0.15, 0.2) is 0 Å². The summed E-state index contributed by atoms with van der Waals surface area (Å²) in [5, 5.41) is 5.87. The highest BCUT2D eigenvalue weighted by molar-refractivity contribution is 7.09. The number of hydrogen-bond donors (Lipinski definition) is 3. The van der Waals surface area contributed by atoms with E-state index in [-0.39, 0.29) is 5.91 Å². The van der Waals surface area contributed by atoms with E-state index in [9.17, 15) is 4.79 Å². The van der Waals surface area contributed by atoms with Crippen molar-refractivity contribution in [2.75, 3.05) is 12.0 Å². The molecular weight excluding hydrogens is 274 g/mol. The number of nitrogens with two attached hydrogens (primary N) is 1. The van der Waals surface area contributed by atoms with Gasteiger partial charge in [0.05, 0.1) is 22.0 Å². The molecule has 0 aliphatic carbocycles. The maximum Gasteiger partial charge on any atom is 0.255 e. The molecule has 2 heterocycles. The van der Waals surface area contributed by atoms with Crippen molar-refractivity contribution >= 4 is 22.9 Å². The van der Waals surface area contributed by atoms with Gasteiger partial charge in [0.2, 0.25) is 0 Å². The Bertz CT molecular complexity index is 611. The minimum Gasteiger partial charge on any atom is -0.352 e. The van der Waals surface area contributed by atoms with Gasteiger partial charge in [-0.15, -0.1) is 11.3 Å². The van der Waals surface area contributed by atoms with Crippen molar-refractivity contribution < 1.29 is 4.79 Å². The fraction of sp³-hybridized carbons (Fsp3) is 0.308. The topological polar surface area (TPSA) is 92.9 Å². The number of carbonyl (C=O) groups excluding carboxylic acids is 1. The number of hydrogen-bond acceptors (Lipinski definition) is 6. The van der Waals surface area contributed by atoms with E-state index >= 15 is 0 Å². The Morgan fingerprint density at radius 1 is 1.45 bits per heavy atom. The molecule has 2 aromatic rings. The molecule has 4 N–H and O–H groups in total. The molecule has 7 heteroatoms. The lowest BCUT2D eigenvalue weighted by molar-refractivity contribution is 0.0954. The first kappa shape index (κ1) is 14.4. The number of nitrogens with zero attached hydrogens (tertiary/aromatic N) is 2. The van der Waals surface area contributed by atoms with Crippen LogP contribution in [0.4, 0.5) is 5.69 Å². The number of nitrogen functional groups attached to an aromatic ring is 1. The second-order valence-corrected chi connectivity index (χ2v) is 5.44. The Hall–Kier alpha value is -1.99. The second-order valence-electron chi connectivity index (χ2n) is 4.38. The molecule has 0 atom stereocenters. The molecule has 6 nitrogen and oxygen atoms in total. The van der Waals surface area contributed by atoms with Crippen LogP contribution >= 0.6 is 11.3 Å². The SMILES string of the molecule is Cc1cc(NN)c(C(=O)NCCc2csc(C)n2)cn1. The van der Waals surface area contributed by atoms with Gasteiger partial charge in [0.1, 0.15) is 0 Å². The molecule has 106 valence electrons. The van der Waals surface area contributed by atoms with Gasteiger partial charge in [-0.2, -0.15) is 0 Å². The Morgan fingerprint density at radius 3 is 2.90 bits per heavy atom. The molecule has 0 radical (unpaired) electrons. The highest BCUT2D eigenvalue weighted by Crippen LogP contribution is 2.14. The molecule has 20 heavy (non-hydrogen) atoms. The summed E-state index contributed by atoms with van der Waals surface area (Å²) in [6, 6.07) is 1.73. The fourth-order valence-corrected chi connectivity index (χ4v) is 2.43. The number of anilines is 1. The van der Waals surface area contributed by atoms with E-state index in [4.69, 9.17) is 5.84 Å². The molecule has 2 rings (SSSR count). The Morgan fingerprint density at radius 2 is 2.25 bits per heavy atom. The van der Waals surface area contributed by atoms with E-state index < -0.39 is 0 Å². The van der Waals surface area contributed by atoms with Crippen LogP contribution in [0.2, 0.25) is 0 Å². The molecule has 0 unspecified atom stereocenters. The number of aromatic nitrogens is 2. The molecule has 0 aromatic carbocycles. The van der Waals surface area contributed by atoms with Crippen LogP contribution in [0.3, 0.4) is 0 Å². The van der Waals surface area contributed by atoms with Gasteiger partial charge in [-0.3, -0.25) is 15.6 Å². The predicted molar refractivity (Wildman–Crippen MR) is 79.7 cm³/mol. The summed E-state index contributed by atoms with van der Waals surface area (Å²) in [5.41, 5.74) is 5.31. The quantitative estimate of drug-likeness (QED) is 0.572. The first-order chi connectivity index (χ1) is 9.60. The number of rotatable bonds is 5. The summed E-state index contributed by atoms with van der Waals surface area (Å²) in [7, 11) is 0. The zero-order chi connectivity index (χ0) is 14.5. The third-order valence-corrected chi connectivity index (χ3v) is 3.60. The summed E-state index contributed by atoms with van der Waals surface area (Å²) in [6.45, 7) is 4.33. The van der Waals surface area contributed by atoms with E-state index in [0.29, 0.717) is 24.2 Å². The number of pyridine rings is 1. The zero-order valence-corrected chi connectivity index (χ0v) is 12.3. The zero-order valence-electron chi connectivity index (χ0n) is 11.4. The molecule has 0 spiro atoms. The summed E-state index contributed by atoms with van der Waals surface area (Å²) < 4.78 is 0. The number of carbonyl (C=O) groups is 1. The standard InChI is InChI=1S/C13H17N5OS/c1-8-5-12(18-14)11(6-16-8)13(19)15-4-3-10-7-20-9(2)17-10/h5-7H,3-4,14H2,1-2H3,(H,15,19)(H,16,18). The second kappa shape index (κ2) is 6.44. The van der Waals surface area contributed by atoms with Crippen molar-refractivity contribution in [3.8, 4) is 0 Å². The van der Waals surface area contributed by atoms with E-state index in [1.54, 1.807) is 17.4 Å². The summed E-state index contributed by atoms with van der Waals surface area (Å²) in [5.74, 6) is 5.22. The molecule has 0 aliphatic rings. The maximum atomic E-state index is 12.1. The molecule has 0 bridgehead atoms. The van der Waals surface area contributed by atoms with E-state index in [1.807, 2.05) is 19.2 Å². The first-order valence-corrected chi connectivity index (χ1v) is 7.10. The van der Waals surface area contributed by atoms with Gasteiger partial charge in [0, 0.05) is 30.2 Å². The lowest BCUT2D eigenvalue weighted by Crippen LogP contribution is -2.27. The molecular formula is C13H17N5OS. The van der Waals surface area contributed by atoms with Gasteiger partial charge in [0.25, 0.3) is 5.91 Å². The summed E-state index contributed by atoms with van der Waals surface area (Å²) in [4.78, 5) is 20.5. The highest BCUT2D eigenvalue weighted by atomic mass is 32.1. The highest BCUT2D eigenvalue weighted by Gasteiger charge is 2.11. The Balaban J connectivity index is 1.95. The maximum absolute atomic E-state index is 12.1.